The number of nitriles is 1. The number of rotatable bonds is 8. The van der Waals surface area contributed by atoms with Crippen molar-refractivity contribution < 1.29 is 23.9 Å². The Kier molecular flexibility index (Phi) is 8.88. The minimum Gasteiger partial charge on any atom is -0.466 e. The summed E-state index contributed by atoms with van der Waals surface area (Å²) in [5, 5.41) is 12.3. The van der Waals surface area contributed by atoms with E-state index in [1.807, 2.05) is 6.07 Å². The summed E-state index contributed by atoms with van der Waals surface area (Å²) >= 11 is 0. The van der Waals surface area contributed by atoms with Crippen LogP contribution in [0.3, 0.4) is 0 Å². The molecule has 1 aromatic rings. The predicted octanol–water partition coefficient (Wildman–Crippen LogP) is 2.16. The van der Waals surface area contributed by atoms with Gasteiger partial charge in [-0.1, -0.05) is 12.1 Å². The topological polar surface area (TPSA) is 109 Å². The summed E-state index contributed by atoms with van der Waals surface area (Å²) in [4.78, 5) is 37.6. The Morgan fingerprint density at radius 3 is 2.33 bits per heavy atom. The lowest BCUT2D eigenvalue weighted by molar-refractivity contribution is -0.150. The van der Waals surface area contributed by atoms with Crippen molar-refractivity contribution in [3.63, 3.8) is 0 Å². The number of nitrogens with one attached hydrogen (secondary N) is 1. The second-order valence-corrected chi connectivity index (χ2v) is 6.79. The normalized spacial score (nSPS) is 14.6. The molecule has 0 aromatic heterocycles. The lowest BCUT2D eigenvalue weighted by Crippen LogP contribution is -2.41. The first-order valence-electron chi connectivity index (χ1n) is 10.1. The second kappa shape index (κ2) is 11.6. The lowest BCUT2D eigenvalue weighted by atomic mass is 9.96. The van der Waals surface area contributed by atoms with Crippen molar-refractivity contribution >= 4 is 17.8 Å². The smallest absolute Gasteiger partial charge is 0.338 e. The van der Waals surface area contributed by atoms with Gasteiger partial charge in [-0.25, -0.2) is 4.79 Å². The largest absolute Gasteiger partial charge is 0.466 e. The number of carbonyl (C=O) groups is 3. The summed E-state index contributed by atoms with van der Waals surface area (Å²) in [7, 11) is 0. The third-order valence-electron chi connectivity index (χ3n) is 4.77. The summed E-state index contributed by atoms with van der Waals surface area (Å²) in [5.74, 6) is -1.15. The van der Waals surface area contributed by atoms with Crippen LogP contribution in [-0.4, -0.2) is 49.0 Å². The van der Waals surface area contributed by atoms with Crippen molar-refractivity contribution in [3.8, 4) is 6.07 Å². The molecule has 1 N–H and O–H groups in total. The number of benzene rings is 1. The van der Waals surface area contributed by atoms with Gasteiger partial charge in [0.2, 0.25) is 0 Å². The number of carbonyl (C=O) groups excluding carboxylic acids is 3. The van der Waals surface area contributed by atoms with Crippen molar-refractivity contribution in [2.75, 3.05) is 26.3 Å². The van der Waals surface area contributed by atoms with Gasteiger partial charge in [-0.3, -0.25) is 9.59 Å². The molecule has 160 valence electrons. The molecule has 1 amide bonds. The first-order valence-corrected chi connectivity index (χ1v) is 10.1. The van der Waals surface area contributed by atoms with Crippen molar-refractivity contribution in [2.24, 2.45) is 5.92 Å². The van der Waals surface area contributed by atoms with Crippen LogP contribution < -0.4 is 5.32 Å². The van der Waals surface area contributed by atoms with E-state index in [0.29, 0.717) is 51.3 Å². The fraction of sp³-hybridized carbons (Fsp3) is 0.455. The van der Waals surface area contributed by atoms with Crippen LogP contribution in [0.25, 0.3) is 0 Å². The molecule has 1 aliphatic heterocycles. The van der Waals surface area contributed by atoms with Crippen LogP contribution >= 0.6 is 0 Å². The molecule has 8 heteroatoms. The molecule has 2 rings (SSSR count). The molecule has 1 heterocycles. The number of piperidine rings is 1. The second-order valence-electron chi connectivity index (χ2n) is 6.79. The molecule has 0 saturated carbocycles. The van der Waals surface area contributed by atoms with E-state index in [-0.39, 0.29) is 29.3 Å². The number of esters is 2. The highest BCUT2D eigenvalue weighted by atomic mass is 16.5. The first-order chi connectivity index (χ1) is 14.5. The summed E-state index contributed by atoms with van der Waals surface area (Å²) in [6, 6.07) is 8.83. The van der Waals surface area contributed by atoms with Gasteiger partial charge >= 0.3 is 11.9 Å². The van der Waals surface area contributed by atoms with E-state index in [2.05, 4.69) is 5.32 Å². The molecule has 0 bridgehead atoms. The molecular weight excluding hydrogens is 386 g/mol. The fourth-order valence-electron chi connectivity index (χ4n) is 3.13. The van der Waals surface area contributed by atoms with Crippen LogP contribution in [-0.2, 0) is 25.6 Å². The summed E-state index contributed by atoms with van der Waals surface area (Å²) in [5.41, 5.74) is 1.36. The number of amides is 1. The van der Waals surface area contributed by atoms with E-state index >= 15 is 0 Å². The van der Waals surface area contributed by atoms with Crippen molar-refractivity contribution in [1.29, 1.82) is 5.26 Å². The average Bonchev–Trinajstić information content (AvgIpc) is 2.77. The Bertz CT molecular complexity index is 818. The van der Waals surface area contributed by atoms with Gasteiger partial charge in [0, 0.05) is 25.8 Å². The molecule has 0 spiro atoms. The number of hydrogen-bond donors (Lipinski definition) is 1. The molecule has 8 nitrogen and oxygen atoms in total. The van der Waals surface area contributed by atoms with Gasteiger partial charge in [0.25, 0.3) is 5.91 Å². The van der Waals surface area contributed by atoms with Crippen LogP contribution in [0.2, 0.25) is 0 Å². The third-order valence-corrected chi connectivity index (χ3v) is 4.77. The summed E-state index contributed by atoms with van der Waals surface area (Å²) < 4.78 is 9.97. The molecular formula is C22H27N3O5. The van der Waals surface area contributed by atoms with Gasteiger partial charge in [-0.15, -0.1) is 0 Å². The molecule has 1 aliphatic rings. The van der Waals surface area contributed by atoms with Crippen LogP contribution in [0.5, 0.6) is 0 Å². The Balaban J connectivity index is 1.87. The standard InChI is InChI=1S/C22H27N3O5/c1-3-29-21(27)17-7-5-16(6-8-17)14-24-15-19(13-23)20(26)25-11-9-18(10-12-25)22(28)30-4-2/h5-8,15,18,24H,3-4,9-12,14H2,1-2H3/b19-15-. The van der Waals surface area contributed by atoms with Crippen molar-refractivity contribution in [3.05, 3.63) is 47.2 Å². The predicted molar refractivity (Wildman–Crippen MR) is 109 cm³/mol. The van der Waals surface area contributed by atoms with Crippen molar-refractivity contribution in [1.82, 2.24) is 10.2 Å². The van der Waals surface area contributed by atoms with Gasteiger partial charge in [-0.2, -0.15) is 5.26 Å². The van der Waals surface area contributed by atoms with E-state index < -0.39 is 0 Å². The lowest BCUT2D eigenvalue weighted by Gasteiger charge is -2.30. The number of hydrogen-bond acceptors (Lipinski definition) is 7. The highest BCUT2D eigenvalue weighted by Gasteiger charge is 2.29. The molecule has 0 radical (unpaired) electrons. The Morgan fingerprint density at radius 1 is 1.13 bits per heavy atom. The van der Waals surface area contributed by atoms with E-state index in [1.54, 1.807) is 43.0 Å². The zero-order valence-corrected chi connectivity index (χ0v) is 17.3. The maximum atomic E-state index is 12.6. The SMILES string of the molecule is CCOC(=O)c1ccc(CN/C=C(/C#N)C(=O)N2CCC(C(=O)OCC)CC2)cc1. The zero-order chi connectivity index (χ0) is 21.9. The zero-order valence-electron chi connectivity index (χ0n) is 17.3. The van der Waals surface area contributed by atoms with Gasteiger partial charge in [0.05, 0.1) is 24.7 Å². The number of likely N-dealkylation sites (tertiary alicyclic amines) is 1. The van der Waals surface area contributed by atoms with E-state index in [1.165, 1.54) is 6.20 Å². The Labute approximate surface area is 176 Å². The number of ether oxygens (including phenoxy) is 2. The van der Waals surface area contributed by atoms with E-state index in [9.17, 15) is 19.6 Å². The van der Waals surface area contributed by atoms with Gasteiger partial charge in [0.15, 0.2) is 0 Å². The van der Waals surface area contributed by atoms with Gasteiger partial charge in [0.1, 0.15) is 11.6 Å². The molecule has 0 aliphatic carbocycles. The van der Waals surface area contributed by atoms with Crippen LogP contribution in [0.4, 0.5) is 0 Å². The Hall–Kier alpha value is -3.34. The molecule has 1 saturated heterocycles. The van der Waals surface area contributed by atoms with Crippen LogP contribution in [0.1, 0.15) is 42.6 Å². The molecule has 1 fully saturated rings. The summed E-state index contributed by atoms with van der Waals surface area (Å²) in [6.07, 6.45) is 2.46. The quantitative estimate of drug-likeness (QED) is 0.395. The molecule has 30 heavy (non-hydrogen) atoms. The van der Waals surface area contributed by atoms with Crippen LogP contribution in [0, 0.1) is 17.2 Å². The van der Waals surface area contributed by atoms with Crippen molar-refractivity contribution in [2.45, 2.75) is 33.2 Å². The molecule has 0 atom stereocenters. The van der Waals surface area contributed by atoms with Crippen LogP contribution in [0.15, 0.2) is 36.0 Å². The maximum Gasteiger partial charge on any atom is 0.338 e. The highest BCUT2D eigenvalue weighted by molar-refractivity contribution is 5.97. The number of nitrogens with zero attached hydrogens (tertiary/aromatic N) is 2. The monoisotopic (exact) mass is 413 g/mol. The maximum absolute atomic E-state index is 12.6. The minimum absolute atomic E-state index is 0.00716. The third kappa shape index (κ3) is 6.34. The average molecular weight is 413 g/mol. The van der Waals surface area contributed by atoms with E-state index in [0.717, 1.165) is 5.56 Å². The highest BCUT2D eigenvalue weighted by Crippen LogP contribution is 2.20. The first kappa shape index (κ1) is 22.9. The Morgan fingerprint density at radius 2 is 1.77 bits per heavy atom. The molecule has 0 unspecified atom stereocenters. The van der Waals surface area contributed by atoms with Gasteiger partial charge < -0.3 is 19.7 Å². The van der Waals surface area contributed by atoms with E-state index in [4.69, 9.17) is 9.47 Å². The molecule has 1 aromatic carbocycles. The van der Waals surface area contributed by atoms with Gasteiger partial charge in [-0.05, 0) is 44.4 Å². The minimum atomic E-state index is -0.374. The summed E-state index contributed by atoms with van der Waals surface area (Å²) in [6.45, 7) is 5.40. The fourth-order valence-corrected chi connectivity index (χ4v) is 3.13.